The van der Waals surface area contributed by atoms with Crippen LogP contribution in [0.1, 0.15) is 42.5 Å². The molecule has 3 heterocycles. The minimum Gasteiger partial charge on any atom is -0.379 e. The van der Waals surface area contributed by atoms with E-state index < -0.39 is 11.7 Å². The van der Waals surface area contributed by atoms with Crippen molar-refractivity contribution in [3.8, 4) is 0 Å². The quantitative estimate of drug-likeness (QED) is 0.800. The molecule has 1 amide bonds. The van der Waals surface area contributed by atoms with E-state index in [4.69, 9.17) is 9.47 Å². The molecular formula is C21H28F3N3O3. The predicted molar refractivity (Wildman–Crippen MR) is 103 cm³/mol. The first-order chi connectivity index (χ1) is 14.3. The summed E-state index contributed by atoms with van der Waals surface area (Å²) in [6, 6.07) is 1.60. The predicted octanol–water partition coefficient (Wildman–Crippen LogP) is 2.55. The highest BCUT2D eigenvalue weighted by atomic mass is 19.4. The fourth-order valence-electron chi connectivity index (χ4n) is 4.82. The van der Waals surface area contributed by atoms with E-state index in [-0.39, 0.29) is 36.6 Å². The van der Waals surface area contributed by atoms with E-state index in [1.54, 1.807) is 12.0 Å². The first-order valence-corrected chi connectivity index (χ1v) is 10.6. The average Bonchev–Trinajstić information content (AvgIpc) is 3.20. The standard InChI is InChI=1S/C21H28F3N3O3/c1-29-19-12-30-7-5-18(19)26-16-3-2-13(9-16)20(28)27-6-4-17-14(11-27)8-15(10-25-17)21(22,23)24/h8,10,13,16,18-19,26H,2-7,9,11-12H2,1H3/t13-,16?,18-,19+/m0/s1. The highest BCUT2D eigenvalue weighted by molar-refractivity contribution is 5.79. The van der Waals surface area contributed by atoms with E-state index in [1.165, 1.54) is 0 Å². The molecule has 1 saturated heterocycles. The zero-order valence-electron chi connectivity index (χ0n) is 17.1. The molecule has 6 nitrogen and oxygen atoms in total. The second-order valence-electron chi connectivity index (χ2n) is 8.46. The number of fused-ring (bicyclic) bond motifs is 1. The third-order valence-corrected chi connectivity index (χ3v) is 6.52. The van der Waals surface area contributed by atoms with Crippen molar-refractivity contribution in [1.82, 2.24) is 15.2 Å². The van der Waals surface area contributed by atoms with Crippen LogP contribution in [0.25, 0.3) is 0 Å². The number of ether oxygens (including phenoxy) is 2. The van der Waals surface area contributed by atoms with E-state index in [9.17, 15) is 18.0 Å². The van der Waals surface area contributed by atoms with Crippen LogP contribution >= 0.6 is 0 Å². The largest absolute Gasteiger partial charge is 0.417 e. The summed E-state index contributed by atoms with van der Waals surface area (Å²) in [5, 5.41) is 3.64. The number of pyridine rings is 1. The highest BCUT2D eigenvalue weighted by Gasteiger charge is 2.37. The number of hydrogen-bond donors (Lipinski definition) is 1. The molecule has 4 atom stereocenters. The second-order valence-corrected chi connectivity index (χ2v) is 8.46. The van der Waals surface area contributed by atoms with Gasteiger partial charge in [0.05, 0.1) is 18.3 Å². The smallest absolute Gasteiger partial charge is 0.379 e. The van der Waals surface area contributed by atoms with E-state index in [0.717, 1.165) is 37.9 Å². The number of amides is 1. The summed E-state index contributed by atoms with van der Waals surface area (Å²) in [7, 11) is 1.68. The number of nitrogens with one attached hydrogen (secondary N) is 1. The SMILES string of the molecule is CO[C@@H]1COCC[C@@H]1NC1CC[C@H](C(=O)N2CCc3ncc(C(F)(F)F)cc3C2)C1. The van der Waals surface area contributed by atoms with Crippen molar-refractivity contribution in [2.24, 2.45) is 5.92 Å². The van der Waals surface area contributed by atoms with Gasteiger partial charge in [0.25, 0.3) is 0 Å². The van der Waals surface area contributed by atoms with E-state index in [1.807, 2.05) is 0 Å². The zero-order valence-corrected chi connectivity index (χ0v) is 17.1. The Hall–Kier alpha value is -1.71. The maximum absolute atomic E-state index is 13.1. The summed E-state index contributed by atoms with van der Waals surface area (Å²) in [6.07, 6.45) is 0.293. The molecule has 0 radical (unpaired) electrons. The van der Waals surface area contributed by atoms with Crippen molar-refractivity contribution >= 4 is 5.91 Å². The summed E-state index contributed by atoms with van der Waals surface area (Å²) >= 11 is 0. The van der Waals surface area contributed by atoms with Gasteiger partial charge in [-0.2, -0.15) is 13.2 Å². The van der Waals surface area contributed by atoms with Gasteiger partial charge in [-0.05, 0) is 37.3 Å². The number of carbonyl (C=O) groups is 1. The number of nitrogens with zero attached hydrogens (tertiary/aromatic N) is 2. The minimum absolute atomic E-state index is 0.0161. The van der Waals surface area contributed by atoms with Gasteiger partial charge in [-0.1, -0.05) is 0 Å². The normalized spacial score (nSPS) is 29.7. The van der Waals surface area contributed by atoms with Crippen LogP contribution in [0.3, 0.4) is 0 Å². The number of hydrogen-bond acceptors (Lipinski definition) is 5. The Bertz CT molecular complexity index is 774. The molecule has 1 unspecified atom stereocenters. The summed E-state index contributed by atoms with van der Waals surface area (Å²) in [5.41, 5.74) is 0.398. The molecule has 0 aromatic carbocycles. The summed E-state index contributed by atoms with van der Waals surface area (Å²) < 4.78 is 50.0. The van der Waals surface area contributed by atoms with E-state index in [2.05, 4.69) is 10.3 Å². The van der Waals surface area contributed by atoms with Crippen LogP contribution in [-0.4, -0.2) is 60.8 Å². The van der Waals surface area contributed by atoms with Crippen molar-refractivity contribution in [2.75, 3.05) is 26.9 Å². The molecular weight excluding hydrogens is 399 g/mol. The number of aromatic nitrogens is 1. The number of methoxy groups -OCH3 is 1. The highest BCUT2D eigenvalue weighted by Crippen LogP contribution is 2.33. The Labute approximate surface area is 174 Å². The van der Waals surface area contributed by atoms with Crippen molar-refractivity contribution < 1.29 is 27.4 Å². The molecule has 2 fully saturated rings. The van der Waals surface area contributed by atoms with Crippen LogP contribution < -0.4 is 5.32 Å². The third kappa shape index (κ3) is 4.63. The summed E-state index contributed by atoms with van der Waals surface area (Å²) in [4.78, 5) is 18.7. The molecule has 4 rings (SSSR count). The molecule has 0 bridgehead atoms. The van der Waals surface area contributed by atoms with Crippen molar-refractivity contribution in [3.63, 3.8) is 0 Å². The molecule has 166 valence electrons. The lowest BCUT2D eigenvalue weighted by molar-refractivity contribution is -0.137. The summed E-state index contributed by atoms with van der Waals surface area (Å²) in [6.45, 7) is 1.98. The Morgan fingerprint density at radius 1 is 1.33 bits per heavy atom. The van der Waals surface area contributed by atoms with Gasteiger partial charge < -0.3 is 19.7 Å². The van der Waals surface area contributed by atoms with Gasteiger partial charge >= 0.3 is 6.18 Å². The maximum atomic E-state index is 13.1. The van der Waals surface area contributed by atoms with Crippen molar-refractivity contribution in [2.45, 2.75) is 63.0 Å². The molecule has 30 heavy (non-hydrogen) atoms. The van der Waals surface area contributed by atoms with Crippen LogP contribution in [0, 0.1) is 5.92 Å². The topological polar surface area (TPSA) is 63.7 Å². The molecule has 1 N–H and O–H groups in total. The number of alkyl halides is 3. The Morgan fingerprint density at radius 3 is 2.93 bits per heavy atom. The van der Waals surface area contributed by atoms with Gasteiger partial charge in [0.15, 0.2) is 0 Å². The van der Waals surface area contributed by atoms with Gasteiger partial charge in [-0.25, -0.2) is 0 Å². The molecule has 2 aliphatic heterocycles. The van der Waals surface area contributed by atoms with Gasteiger partial charge in [0.1, 0.15) is 0 Å². The lowest BCUT2D eigenvalue weighted by Gasteiger charge is -2.33. The maximum Gasteiger partial charge on any atom is 0.417 e. The van der Waals surface area contributed by atoms with Gasteiger partial charge in [0.2, 0.25) is 5.91 Å². The molecule has 1 aliphatic carbocycles. The molecule has 0 spiro atoms. The molecule has 3 aliphatic rings. The summed E-state index contributed by atoms with van der Waals surface area (Å²) in [5.74, 6) is -0.0544. The fourth-order valence-corrected chi connectivity index (χ4v) is 4.82. The van der Waals surface area contributed by atoms with E-state index in [0.29, 0.717) is 37.4 Å². The van der Waals surface area contributed by atoms with Crippen LogP contribution in [0.15, 0.2) is 12.3 Å². The minimum atomic E-state index is -4.43. The Balaban J connectivity index is 1.35. The number of rotatable bonds is 4. The van der Waals surface area contributed by atoms with Crippen LogP contribution in [-0.2, 0) is 33.4 Å². The molecule has 9 heteroatoms. The number of carbonyl (C=O) groups excluding carboxylic acids is 1. The fraction of sp³-hybridized carbons (Fsp3) is 0.714. The van der Waals surface area contributed by atoms with Crippen molar-refractivity contribution in [3.05, 3.63) is 29.1 Å². The first-order valence-electron chi connectivity index (χ1n) is 10.6. The van der Waals surface area contributed by atoms with Crippen molar-refractivity contribution in [1.29, 1.82) is 0 Å². The monoisotopic (exact) mass is 427 g/mol. The molecule has 1 saturated carbocycles. The Kier molecular flexibility index (Phi) is 6.31. The van der Waals surface area contributed by atoms with Crippen LogP contribution in [0.4, 0.5) is 13.2 Å². The van der Waals surface area contributed by atoms with Gasteiger partial charge in [-0.3, -0.25) is 9.78 Å². The van der Waals surface area contributed by atoms with Gasteiger partial charge in [0, 0.05) is 63.1 Å². The third-order valence-electron chi connectivity index (χ3n) is 6.52. The van der Waals surface area contributed by atoms with E-state index >= 15 is 0 Å². The molecule has 1 aromatic rings. The lowest BCUT2D eigenvalue weighted by atomic mass is 10.00. The van der Waals surface area contributed by atoms with Gasteiger partial charge in [-0.15, -0.1) is 0 Å². The average molecular weight is 427 g/mol. The molecule has 1 aromatic heterocycles. The van der Waals surface area contributed by atoms with Crippen LogP contribution in [0.2, 0.25) is 0 Å². The first kappa shape index (κ1) is 21.5. The number of halogens is 3. The second kappa shape index (κ2) is 8.80. The van der Waals surface area contributed by atoms with Crippen LogP contribution in [0.5, 0.6) is 0 Å². The Morgan fingerprint density at radius 2 is 2.17 bits per heavy atom. The lowest BCUT2D eigenvalue weighted by Crippen LogP contribution is -2.50. The zero-order chi connectivity index (χ0) is 21.3.